The zero-order valence-corrected chi connectivity index (χ0v) is 27.4. The van der Waals surface area contributed by atoms with E-state index in [2.05, 4.69) is 5.32 Å². The molecule has 4 rings (SSSR count). The molecule has 4 aromatic rings. The monoisotopic (exact) mass is 691 g/mol. The third-order valence-corrected chi connectivity index (χ3v) is 9.67. The molecule has 0 saturated carbocycles. The van der Waals surface area contributed by atoms with E-state index in [1.165, 1.54) is 35.2 Å². The average Bonchev–Trinajstić information content (AvgIpc) is 3.00. The molecule has 0 saturated heterocycles. The molecule has 0 radical (unpaired) electrons. The molecule has 0 fully saturated rings. The van der Waals surface area contributed by atoms with Gasteiger partial charge in [0.1, 0.15) is 12.6 Å². The van der Waals surface area contributed by atoms with E-state index in [0.29, 0.717) is 27.2 Å². The van der Waals surface area contributed by atoms with Crippen LogP contribution in [0, 0.1) is 0 Å². The van der Waals surface area contributed by atoms with Gasteiger partial charge >= 0.3 is 0 Å². The van der Waals surface area contributed by atoms with Crippen LogP contribution in [-0.4, -0.2) is 44.3 Å². The first-order valence-electron chi connectivity index (χ1n) is 13.6. The number of amides is 2. The maximum atomic E-state index is 14.4. The Labute approximate surface area is 277 Å². The minimum atomic E-state index is -4.31. The highest BCUT2D eigenvalue weighted by Gasteiger charge is 2.35. The van der Waals surface area contributed by atoms with Crippen molar-refractivity contribution < 1.29 is 18.0 Å². The van der Waals surface area contributed by atoms with Crippen LogP contribution in [0.25, 0.3) is 0 Å². The van der Waals surface area contributed by atoms with E-state index in [9.17, 15) is 18.0 Å². The first kappa shape index (κ1) is 33.6. The van der Waals surface area contributed by atoms with Gasteiger partial charge in [0, 0.05) is 34.6 Å². The second-order valence-electron chi connectivity index (χ2n) is 9.78. The smallest absolute Gasteiger partial charge is 0.264 e. The number of carbonyl (C=O) groups excluding carboxylic acids is 2. The number of hydrogen-bond donors (Lipinski definition) is 1. The summed E-state index contributed by atoms with van der Waals surface area (Å²) < 4.78 is 29.0. The van der Waals surface area contributed by atoms with Crippen LogP contribution in [0.5, 0.6) is 0 Å². The molecule has 44 heavy (non-hydrogen) atoms. The molecule has 2 amide bonds. The lowest BCUT2D eigenvalue weighted by Crippen LogP contribution is -2.53. The van der Waals surface area contributed by atoms with E-state index in [1.54, 1.807) is 43.3 Å². The van der Waals surface area contributed by atoms with Crippen LogP contribution >= 0.6 is 46.4 Å². The standard InChI is InChI=1S/C32H29Cl4N3O4S/c1-2-37-32(41)30(17-22-9-5-3-6-10-22)38(20-23-13-14-24(33)18-27(23)35)31(40)21-39(29-16-15-25(34)19-28(29)36)44(42,43)26-11-7-4-8-12-26/h3-16,18-19,30H,2,17,20-21H2,1H3,(H,37,41)/t30-/m1/s1. The van der Waals surface area contributed by atoms with Crippen molar-refractivity contribution in [1.29, 1.82) is 0 Å². The van der Waals surface area contributed by atoms with Gasteiger partial charge in [-0.05, 0) is 60.5 Å². The lowest BCUT2D eigenvalue weighted by Gasteiger charge is -2.34. The number of nitrogens with one attached hydrogen (secondary N) is 1. The predicted molar refractivity (Wildman–Crippen MR) is 177 cm³/mol. The van der Waals surface area contributed by atoms with Crippen molar-refractivity contribution in [2.75, 3.05) is 17.4 Å². The minimum Gasteiger partial charge on any atom is -0.355 e. The van der Waals surface area contributed by atoms with Crippen LogP contribution < -0.4 is 9.62 Å². The highest BCUT2D eigenvalue weighted by molar-refractivity contribution is 7.92. The molecule has 4 aromatic carbocycles. The number of sulfonamides is 1. The van der Waals surface area contributed by atoms with Crippen molar-refractivity contribution in [2.24, 2.45) is 0 Å². The van der Waals surface area contributed by atoms with Crippen molar-refractivity contribution in [2.45, 2.75) is 30.8 Å². The minimum absolute atomic E-state index is 0.0293. The van der Waals surface area contributed by atoms with Crippen molar-refractivity contribution in [3.05, 3.63) is 128 Å². The Morgan fingerprint density at radius 3 is 1.98 bits per heavy atom. The maximum Gasteiger partial charge on any atom is 0.264 e. The van der Waals surface area contributed by atoms with Crippen LogP contribution in [0.15, 0.2) is 102 Å². The van der Waals surface area contributed by atoms with Crippen molar-refractivity contribution in [1.82, 2.24) is 10.2 Å². The summed E-state index contributed by atoms with van der Waals surface area (Å²) in [6, 6.07) is 25.1. The Morgan fingerprint density at radius 2 is 1.39 bits per heavy atom. The summed E-state index contributed by atoms with van der Waals surface area (Å²) in [6.07, 6.45) is 0.163. The summed E-state index contributed by atoms with van der Waals surface area (Å²) in [5, 5.41) is 3.83. The molecule has 0 spiro atoms. The van der Waals surface area contributed by atoms with Crippen LogP contribution in [-0.2, 0) is 32.6 Å². The first-order valence-corrected chi connectivity index (χ1v) is 16.5. The number of rotatable bonds is 12. The van der Waals surface area contributed by atoms with E-state index in [-0.39, 0.29) is 28.6 Å². The van der Waals surface area contributed by atoms with Gasteiger partial charge in [-0.25, -0.2) is 8.42 Å². The summed E-state index contributed by atoms with van der Waals surface area (Å²) in [6.45, 7) is 1.32. The van der Waals surface area contributed by atoms with Gasteiger partial charge in [-0.1, -0.05) is 101 Å². The Hall–Kier alpha value is -3.27. The molecule has 230 valence electrons. The number of benzene rings is 4. The van der Waals surface area contributed by atoms with E-state index >= 15 is 0 Å². The zero-order chi connectivity index (χ0) is 31.9. The molecule has 0 aromatic heterocycles. The highest BCUT2D eigenvalue weighted by Crippen LogP contribution is 2.33. The Morgan fingerprint density at radius 1 is 0.795 bits per heavy atom. The van der Waals surface area contributed by atoms with Crippen molar-refractivity contribution in [3.8, 4) is 0 Å². The molecule has 0 heterocycles. The fourth-order valence-corrected chi connectivity index (χ4v) is 7.08. The van der Waals surface area contributed by atoms with Crippen LogP contribution in [0.2, 0.25) is 20.1 Å². The van der Waals surface area contributed by atoms with Crippen molar-refractivity contribution in [3.63, 3.8) is 0 Å². The fraction of sp³-hybridized carbons (Fsp3) is 0.188. The van der Waals surface area contributed by atoms with Crippen LogP contribution in [0.1, 0.15) is 18.1 Å². The lowest BCUT2D eigenvalue weighted by molar-refractivity contribution is -0.140. The summed E-state index contributed by atoms with van der Waals surface area (Å²) in [5.74, 6) is -1.06. The largest absolute Gasteiger partial charge is 0.355 e. The molecule has 0 aliphatic heterocycles. The van der Waals surface area contributed by atoms with Gasteiger partial charge < -0.3 is 10.2 Å². The maximum absolute atomic E-state index is 14.4. The molecular formula is C32H29Cl4N3O4S. The van der Waals surface area contributed by atoms with Crippen LogP contribution in [0.4, 0.5) is 5.69 Å². The van der Waals surface area contributed by atoms with E-state index < -0.39 is 34.4 Å². The van der Waals surface area contributed by atoms with Gasteiger partial charge in [0.15, 0.2) is 0 Å². The highest BCUT2D eigenvalue weighted by atomic mass is 35.5. The molecule has 12 heteroatoms. The van der Waals surface area contributed by atoms with E-state index in [4.69, 9.17) is 46.4 Å². The predicted octanol–water partition coefficient (Wildman–Crippen LogP) is 7.27. The third-order valence-electron chi connectivity index (χ3n) is 6.77. The molecule has 7 nitrogen and oxygen atoms in total. The van der Waals surface area contributed by atoms with Gasteiger partial charge in [0.05, 0.1) is 15.6 Å². The summed E-state index contributed by atoms with van der Waals surface area (Å²) >= 11 is 25.3. The normalized spacial score (nSPS) is 11.9. The average molecular weight is 693 g/mol. The van der Waals surface area contributed by atoms with Gasteiger partial charge in [-0.15, -0.1) is 0 Å². The SMILES string of the molecule is CCNC(=O)[C@@H](Cc1ccccc1)N(Cc1ccc(Cl)cc1Cl)C(=O)CN(c1ccc(Cl)cc1Cl)S(=O)(=O)c1ccccc1. The molecule has 0 unspecified atom stereocenters. The number of likely N-dealkylation sites (N-methyl/N-ethyl adjacent to an activating group) is 1. The Bertz CT molecular complexity index is 1720. The quantitative estimate of drug-likeness (QED) is 0.169. The summed E-state index contributed by atoms with van der Waals surface area (Å²) in [4.78, 5) is 29.3. The van der Waals surface area contributed by atoms with Gasteiger partial charge in [0.2, 0.25) is 11.8 Å². The van der Waals surface area contributed by atoms with Gasteiger partial charge in [0.25, 0.3) is 10.0 Å². The summed E-state index contributed by atoms with van der Waals surface area (Å²) in [5.41, 5.74) is 1.38. The van der Waals surface area contributed by atoms with E-state index in [1.807, 2.05) is 30.3 Å². The Kier molecular flexibility index (Phi) is 11.6. The molecular weight excluding hydrogens is 664 g/mol. The van der Waals surface area contributed by atoms with Crippen LogP contribution in [0.3, 0.4) is 0 Å². The number of anilines is 1. The molecule has 0 aliphatic carbocycles. The number of hydrogen-bond acceptors (Lipinski definition) is 4. The first-order chi connectivity index (χ1) is 21.0. The molecule has 0 bridgehead atoms. The van der Waals surface area contributed by atoms with Gasteiger partial charge in [-0.2, -0.15) is 0 Å². The number of halogens is 4. The number of nitrogens with zero attached hydrogens (tertiary/aromatic N) is 2. The Balaban J connectivity index is 1.83. The molecule has 1 atom stereocenters. The topological polar surface area (TPSA) is 86.8 Å². The zero-order valence-electron chi connectivity index (χ0n) is 23.6. The number of carbonyl (C=O) groups is 2. The third kappa shape index (κ3) is 8.25. The van der Waals surface area contributed by atoms with E-state index in [0.717, 1.165) is 9.87 Å². The summed E-state index contributed by atoms with van der Waals surface area (Å²) in [7, 11) is -4.31. The molecule has 1 N–H and O–H groups in total. The fourth-order valence-electron chi connectivity index (χ4n) is 4.60. The second kappa shape index (κ2) is 15.1. The second-order valence-corrected chi connectivity index (χ2v) is 13.3. The molecule has 0 aliphatic rings. The van der Waals surface area contributed by atoms with Gasteiger partial charge in [-0.3, -0.25) is 13.9 Å². The lowest BCUT2D eigenvalue weighted by atomic mass is 10.0. The van der Waals surface area contributed by atoms with Crippen molar-refractivity contribution >= 4 is 73.9 Å².